The second kappa shape index (κ2) is 37.7. The number of carboxylic acids is 2. The van der Waals surface area contributed by atoms with Gasteiger partial charge in [-0.25, -0.2) is 9.59 Å². The van der Waals surface area contributed by atoms with Gasteiger partial charge >= 0.3 is 11.9 Å². The highest BCUT2D eigenvalue weighted by atomic mass is 32.2. The Hall–Kier alpha value is -8.37. The molecule has 1 aromatic heterocycles. The van der Waals surface area contributed by atoms with Crippen molar-refractivity contribution in [3.8, 4) is 5.75 Å². The Kier molecular flexibility index (Phi) is 31.1. The van der Waals surface area contributed by atoms with Crippen LogP contribution in [-0.2, 0) is 72.0 Å². The summed E-state index contributed by atoms with van der Waals surface area (Å²) in [4.78, 5) is 152. The first-order chi connectivity index (χ1) is 43.2. The van der Waals surface area contributed by atoms with Gasteiger partial charge < -0.3 is 100 Å². The number of hydrogen-bond donors (Lipinski definition) is 19. The van der Waals surface area contributed by atoms with Crippen LogP contribution in [0.5, 0.6) is 5.75 Å². The first kappa shape index (κ1) is 75.1. The van der Waals surface area contributed by atoms with E-state index < -0.39 is 157 Å². The van der Waals surface area contributed by atoms with Crippen LogP contribution in [-0.4, -0.2) is 222 Å². The number of phenolic OH excluding ortho intramolecular Hbond substituents is 1. The lowest BCUT2D eigenvalue weighted by Crippen LogP contribution is -2.62. The molecule has 4 rings (SSSR count). The highest BCUT2D eigenvalue weighted by Gasteiger charge is 2.39. The number of amides is 9. The molecule has 4 aromatic rings. The Labute approximate surface area is 534 Å². The zero-order valence-electron chi connectivity index (χ0n) is 50.4. The lowest BCUT2D eigenvalue weighted by Gasteiger charge is -2.33. The number of aromatic hydroxyl groups is 1. The van der Waals surface area contributed by atoms with Crippen LogP contribution in [0, 0.1) is 0 Å². The highest BCUT2D eigenvalue weighted by Crippen LogP contribution is 2.21. The largest absolute Gasteiger partial charge is 0.508 e. The van der Waals surface area contributed by atoms with E-state index in [4.69, 9.17) is 22.3 Å². The quantitative estimate of drug-likeness (QED) is 0.0150. The number of aromatic amines is 1. The molecule has 498 valence electrons. The molecule has 32 heteroatoms. The summed E-state index contributed by atoms with van der Waals surface area (Å²) in [5.74, 6) is -12.2. The molecule has 21 N–H and O–H groups in total. The number of unbranched alkanes of at least 4 members (excludes halogenated alkanes) is 1. The third kappa shape index (κ3) is 23.7. The molecule has 0 bridgehead atoms. The number of aliphatic hydroxyl groups is 3. The summed E-state index contributed by atoms with van der Waals surface area (Å²) >= 11 is 4.88. The van der Waals surface area contributed by atoms with Crippen molar-refractivity contribution in [1.82, 2.24) is 52.4 Å². The number of aliphatic hydroxyl groups excluding tert-OH is 3. The van der Waals surface area contributed by atoms with Gasteiger partial charge in [0, 0.05) is 48.8 Å². The van der Waals surface area contributed by atoms with E-state index in [9.17, 15) is 78.3 Å². The number of thioether (sulfide) groups is 1. The second-order valence-electron chi connectivity index (χ2n) is 21.5. The molecule has 3 aromatic carbocycles. The predicted octanol–water partition coefficient (Wildman–Crippen LogP) is -4.00. The molecule has 0 aliphatic carbocycles. The zero-order chi connectivity index (χ0) is 67.5. The summed E-state index contributed by atoms with van der Waals surface area (Å²) in [5, 5.41) is 79.7. The fraction of sp³-hybridized carbons (Fsp3) is 0.475. The van der Waals surface area contributed by atoms with Crippen LogP contribution < -0.4 is 59.7 Å². The van der Waals surface area contributed by atoms with Gasteiger partial charge in [-0.1, -0.05) is 60.7 Å². The van der Waals surface area contributed by atoms with Gasteiger partial charge in [-0.2, -0.15) is 24.4 Å². The lowest BCUT2D eigenvalue weighted by molar-refractivity contribution is -0.146. The molecule has 0 spiro atoms. The number of nitrogens with two attached hydrogens (primary N) is 3. The minimum Gasteiger partial charge on any atom is -0.508 e. The molecule has 0 aliphatic heterocycles. The topological polar surface area (TPSA) is 502 Å². The van der Waals surface area contributed by atoms with Gasteiger partial charge in [0.1, 0.15) is 60.1 Å². The van der Waals surface area contributed by atoms with Crippen molar-refractivity contribution in [2.45, 2.75) is 131 Å². The molecule has 0 saturated heterocycles. The van der Waals surface area contributed by atoms with Crippen LogP contribution >= 0.6 is 24.4 Å². The number of H-pyrrole nitrogens is 1. The number of benzene rings is 3. The van der Waals surface area contributed by atoms with E-state index in [0.717, 1.165) is 27.6 Å². The monoisotopic (exact) mass is 1310 g/mol. The van der Waals surface area contributed by atoms with Crippen LogP contribution in [0.4, 0.5) is 0 Å². The summed E-state index contributed by atoms with van der Waals surface area (Å²) < 4.78 is 0. The number of aromatic nitrogens is 1. The number of carbonyl (C=O) groups excluding carboxylic acids is 9. The van der Waals surface area contributed by atoms with Crippen LogP contribution in [0.25, 0.3) is 10.9 Å². The summed E-state index contributed by atoms with van der Waals surface area (Å²) in [7, 11) is 1.22. The van der Waals surface area contributed by atoms with Gasteiger partial charge in [0.15, 0.2) is 0 Å². The molecular weight excluding hydrogens is 1230 g/mol. The van der Waals surface area contributed by atoms with E-state index in [-0.39, 0.29) is 55.9 Å². The number of carbonyl (C=O) groups is 11. The van der Waals surface area contributed by atoms with Crippen molar-refractivity contribution >= 4 is 100 Å². The Bertz CT molecular complexity index is 3110. The molecule has 91 heavy (non-hydrogen) atoms. The maximum absolute atomic E-state index is 14.6. The van der Waals surface area contributed by atoms with E-state index in [0.29, 0.717) is 29.5 Å². The molecule has 1 heterocycles. The number of likely N-dealkylation sites (N-methyl/N-ethyl adjacent to an activating group) is 1. The summed E-state index contributed by atoms with van der Waals surface area (Å²) in [6.07, 6.45) is 0.241. The van der Waals surface area contributed by atoms with Crippen molar-refractivity contribution in [3.63, 3.8) is 0 Å². The number of carboxylic acid groups (broad SMARTS) is 2. The van der Waals surface area contributed by atoms with Crippen molar-refractivity contribution < 1.29 is 83.4 Å². The normalized spacial score (nSPS) is 15.2. The summed E-state index contributed by atoms with van der Waals surface area (Å²) in [5.41, 5.74) is 20.6. The van der Waals surface area contributed by atoms with E-state index in [1.807, 2.05) is 23.5 Å². The van der Waals surface area contributed by atoms with Crippen LogP contribution in [0.15, 0.2) is 85.1 Å². The molecule has 12 atom stereocenters. The van der Waals surface area contributed by atoms with Gasteiger partial charge in [-0.15, -0.1) is 0 Å². The number of nitrogens with one attached hydrogen (secondary N) is 9. The Morgan fingerprint density at radius 3 is 1.75 bits per heavy atom. The van der Waals surface area contributed by atoms with Crippen LogP contribution in [0.1, 0.15) is 56.2 Å². The van der Waals surface area contributed by atoms with Crippen molar-refractivity contribution in [1.29, 1.82) is 0 Å². The Morgan fingerprint density at radius 2 is 1.14 bits per heavy atom. The van der Waals surface area contributed by atoms with Gasteiger partial charge in [0.25, 0.3) is 0 Å². The first-order valence-corrected chi connectivity index (χ1v) is 30.8. The van der Waals surface area contributed by atoms with E-state index in [1.54, 1.807) is 54.7 Å². The van der Waals surface area contributed by atoms with Gasteiger partial charge in [0.05, 0.1) is 31.1 Å². The Morgan fingerprint density at radius 1 is 0.593 bits per heavy atom. The van der Waals surface area contributed by atoms with Crippen molar-refractivity contribution in [3.05, 3.63) is 102 Å². The third-order valence-electron chi connectivity index (χ3n) is 14.4. The minimum atomic E-state index is -1.76. The zero-order valence-corrected chi connectivity index (χ0v) is 52.1. The number of phenols is 1. The third-order valence-corrected chi connectivity index (χ3v) is 15.8. The van der Waals surface area contributed by atoms with E-state index in [2.05, 4.69) is 54.8 Å². The molecule has 0 fully saturated rings. The second-order valence-corrected chi connectivity index (χ2v) is 23.0. The number of aliphatic carboxylic acids is 2. The fourth-order valence-electron chi connectivity index (χ4n) is 9.20. The number of thiol groups is 1. The molecule has 0 radical (unpaired) electrons. The standard InChI is InChI=1S/C59H83N13O17S2/c1-31(61)48(56(84)69-45(29-90)54(82)68-44(28-74)59(88)89)70-53(81)43(27-73)64-47(77)30-91-22-20-41(58(86)87)66-55(83)46(24-33-11-5-4-6-12-33)72(3)57(85)49(32(2)75)71-51(79)40(15-9-10-21-60)65-52(80)42(25-35-26-63-39-14-8-7-13-37(35)39)67-50(78)38(62)23-34-16-18-36(76)19-17-34/h4-8,11-14,16-19,26,31-32,38,40-46,48-49,63,73-76,90H,9-10,15,20-25,27-30,60-62H2,1-3H3,(H,64,77)(H,65,80)(H,66,83)(H,67,78)(H,68,82)(H,69,84)(H,70,81)(H,71,79)(H,86,87)(H,88,89)/t31?,32-,38+,40+,41+,42-,43+,44+,45+,46+,48+,49+/m1/s1. The molecule has 0 aliphatic rings. The molecule has 1 unspecified atom stereocenters. The van der Waals surface area contributed by atoms with E-state index >= 15 is 0 Å². The minimum absolute atomic E-state index is 0.0116. The number of hydrogen-bond acceptors (Lipinski definition) is 20. The number of para-hydroxylation sites is 1. The van der Waals surface area contributed by atoms with Gasteiger partial charge in [-0.3, -0.25) is 43.2 Å². The SMILES string of the molecule is CC(N)[C@H](NC(=O)[C@H](CO)NC(=O)CSCC[C@H](NC(=O)[C@H](Cc1ccccc1)N(C)C(=O)[C@@H](NC(=O)[C@H](CCCCN)NC(=O)[C@@H](Cc1c[nH]c2ccccc12)NC(=O)[C@@H](N)Cc1ccc(O)cc1)[C@@H](C)O)C(=O)O)C(=O)N[C@@H](CS)C(=O)N[C@@H](CO)C(=O)O. The maximum atomic E-state index is 14.6. The lowest BCUT2D eigenvalue weighted by atomic mass is 10.0. The fourth-order valence-corrected chi connectivity index (χ4v) is 10.3. The molecule has 30 nitrogen and oxygen atoms in total. The maximum Gasteiger partial charge on any atom is 0.328 e. The average molecular weight is 1310 g/mol. The van der Waals surface area contributed by atoms with Crippen molar-refractivity contribution in [2.24, 2.45) is 17.2 Å². The number of nitrogens with zero attached hydrogens (tertiary/aromatic N) is 1. The molecule has 0 saturated carbocycles. The smallest absolute Gasteiger partial charge is 0.328 e. The van der Waals surface area contributed by atoms with Gasteiger partial charge in [0.2, 0.25) is 53.2 Å². The molecule has 9 amide bonds. The van der Waals surface area contributed by atoms with E-state index in [1.165, 1.54) is 33.0 Å². The summed E-state index contributed by atoms with van der Waals surface area (Å²) in [6, 6.07) is 5.47. The molecular formula is C59H83N13O17S2. The van der Waals surface area contributed by atoms with Crippen molar-refractivity contribution in [2.75, 3.05) is 44.1 Å². The predicted molar refractivity (Wildman–Crippen MR) is 337 cm³/mol. The average Bonchev–Trinajstić information content (AvgIpc) is 1.95. The van der Waals surface area contributed by atoms with Crippen LogP contribution in [0.2, 0.25) is 0 Å². The van der Waals surface area contributed by atoms with Gasteiger partial charge in [-0.05, 0) is 93.1 Å². The van der Waals surface area contributed by atoms with Crippen LogP contribution in [0.3, 0.4) is 0 Å². The number of rotatable bonds is 39. The summed E-state index contributed by atoms with van der Waals surface area (Å²) in [6.45, 7) is 0.827. The Balaban J connectivity index is 1.46. The first-order valence-electron chi connectivity index (χ1n) is 29.0. The number of fused-ring (bicyclic) bond motifs is 1. The highest BCUT2D eigenvalue weighted by molar-refractivity contribution is 7.99.